The number of imide groups is 1. The van der Waals surface area contributed by atoms with Crippen LogP contribution in [0.4, 0.5) is 19.0 Å². The number of hydrogen-bond acceptors (Lipinski definition) is 8. The van der Waals surface area contributed by atoms with E-state index in [1.165, 1.54) is 20.2 Å². The summed E-state index contributed by atoms with van der Waals surface area (Å²) in [6.07, 6.45) is -1.51. The van der Waals surface area contributed by atoms with Gasteiger partial charge in [0.25, 0.3) is 11.8 Å². The molecule has 1 saturated heterocycles. The maximum Gasteiger partial charge on any atom is 0.433 e. The van der Waals surface area contributed by atoms with Gasteiger partial charge in [-0.2, -0.15) is 18.2 Å². The van der Waals surface area contributed by atoms with Gasteiger partial charge in [0, 0.05) is 24.5 Å². The number of fused-ring (bicyclic) bond motifs is 4. The second-order valence-corrected chi connectivity index (χ2v) is 15.6. The second kappa shape index (κ2) is 13.7. The Labute approximate surface area is 332 Å². The number of phenolic OH excluding ortho intramolecular Hbond substituents is 1. The molecule has 3 aliphatic carbocycles. The van der Waals surface area contributed by atoms with Gasteiger partial charge in [-0.05, 0) is 81.7 Å². The number of hydrazine groups is 1. The Morgan fingerprint density at radius 3 is 2.30 bits per heavy atom. The number of carbonyl (C=O) groups is 4. The molecule has 2 fully saturated rings. The van der Waals surface area contributed by atoms with E-state index in [4.69, 9.17) is 16.3 Å². The van der Waals surface area contributed by atoms with Crippen molar-refractivity contribution >= 4 is 62.3 Å². The van der Waals surface area contributed by atoms with Gasteiger partial charge in [-0.3, -0.25) is 24.2 Å². The zero-order chi connectivity index (χ0) is 39.8. The summed E-state index contributed by atoms with van der Waals surface area (Å²) in [6, 6.07) is 22.8. The van der Waals surface area contributed by atoms with E-state index < -0.39 is 64.5 Å². The van der Waals surface area contributed by atoms with E-state index in [-0.39, 0.29) is 51.0 Å². The van der Waals surface area contributed by atoms with Crippen LogP contribution in [0, 0.1) is 23.7 Å². The first kappa shape index (κ1) is 37.6. The summed E-state index contributed by atoms with van der Waals surface area (Å²) in [7, 11) is 2.64. The maximum absolute atomic E-state index is 15.2. The van der Waals surface area contributed by atoms with Crippen molar-refractivity contribution in [1.82, 2.24) is 9.99 Å². The first-order chi connectivity index (χ1) is 26.7. The van der Waals surface area contributed by atoms with Crippen LogP contribution in [0.25, 0.3) is 5.57 Å². The Bertz CT molecular complexity index is 2390. The smallest absolute Gasteiger partial charge is 0.433 e. The molecule has 2 heterocycles. The van der Waals surface area contributed by atoms with Crippen molar-refractivity contribution in [3.05, 3.63) is 135 Å². The van der Waals surface area contributed by atoms with Crippen molar-refractivity contribution < 1.29 is 42.2 Å². The molecular formula is C42H32BrClF3N3O6. The first-order valence-corrected chi connectivity index (χ1v) is 18.9. The third-order valence-corrected chi connectivity index (χ3v) is 12.6. The molecule has 2 amide bonds. The fraction of sp³-hybridized carbons (Fsp3) is 0.262. The van der Waals surface area contributed by atoms with E-state index in [1.807, 2.05) is 6.08 Å². The number of ether oxygens (including phenoxy) is 1. The van der Waals surface area contributed by atoms with Gasteiger partial charge in [0.05, 0.1) is 33.9 Å². The number of amides is 2. The van der Waals surface area contributed by atoms with Crippen molar-refractivity contribution in [3.8, 4) is 11.5 Å². The van der Waals surface area contributed by atoms with E-state index >= 15 is 9.59 Å². The number of aromatic nitrogens is 1. The van der Waals surface area contributed by atoms with Crippen LogP contribution in [0.1, 0.15) is 41.1 Å². The van der Waals surface area contributed by atoms with Gasteiger partial charge >= 0.3 is 6.18 Å². The number of carbonyl (C=O) groups excluding carboxylic acids is 4. The second-order valence-electron chi connectivity index (χ2n) is 14.4. The highest BCUT2D eigenvalue weighted by Crippen LogP contribution is 2.64. The predicted octanol–water partition coefficient (Wildman–Crippen LogP) is 8.11. The van der Waals surface area contributed by atoms with E-state index in [1.54, 1.807) is 72.8 Å². The number of methoxy groups -OCH3 is 1. The number of benzene rings is 3. The summed E-state index contributed by atoms with van der Waals surface area (Å²) >= 11 is 9.76. The molecule has 14 heteroatoms. The number of rotatable bonds is 6. The number of hydrogen-bond donors (Lipinski definition) is 1. The minimum Gasteiger partial charge on any atom is -0.503 e. The molecule has 0 bridgehead atoms. The molecule has 4 aliphatic rings. The van der Waals surface area contributed by atoms with Crippen molar-refractivity contribution in [1.29, 1.82) is 0 Å². The molecule has 0 radical (unpaired) electrons. The molecule has 1 N–H and O–H groups in total. The molecular weight excluding hydrogens is 815 g/mol. The molecule has 9 nitrogen and oxygen atoms in total. The normalized spacial score (nSPS) is 25.9. The Balaban J connectivity index is 1.33. The predicted molar refractivity (Wildman–Crippen MR) is 203 cm³/mol. The molecule has 0 spiro atoms. The lowest BCUT2D eigenvalue weighted by Crippen LogP contribution is -2.59. The van der Waals surface area contributed by atoms with Gasteiger partial charge in [0.15, 0.2) is 28.9 Å². The van der Waals surface area contributed by atoms with Gasteiger partial charge in [0.1, 0.15) is 5.69 Å². The number of phenols is 1. The molecule has 4 aromatic rings. The van der Waals surface area contributed by atoms with Crippen LogP contribution in [-0.2, 0) is 30.8 Å². The Morgan fingerprint density at radius 2 is 1.64 bits per heavy atom. The molecule has 286 valence electrons. The highest BCUT2D eigenvalue weighted by atomic mass is 79.9. The van der Waals surface area contributed by atoms with Crippen molar-refractivity contribution in [2.45, 2.75) is 30.4 Å². The van der Waals surface area contributed by atoms with Crippen molar-refractivity contribution in [2.75, 3.05) is 19.2 Å². The number of alkyl halides is 3. The lowest BCUT2D eigenvalue weighted by molar-refractivity contribution is -0.141. The van der Waals surface area contributed by atoms with Crippen molar-refractivity contribution in [3.63, 3.8) is 0 Å². The standard InChI is InChI=1S/C42H32BrClF3N3O6/c1-49(38-30(44)15-16-32(48-38)42(45,46)47)50-39(54)25-14-13-24-27(34(25)40(50)55)19-28-36(52)26(21-9-5-3-6-10-21)20-33(51)41(28,23-11-7-4-8-12-23)35(24)22-17-29(43)37(53)31(18-22)56-2/h3-13,15-18,20,25,27-28,34-35,53H,14,19H2,1-2H3. The van der Waals surface area contributed by atoms with Gasteiger partial charge in [0.2, 0.25) is 0 Å². The number of ketones is 2. The minimum atomic E-state index is -4.82. The first-order valence-electron chi connectivity index (χ1n) is 17.7. The summed E-state index contributed by atoms with van der Waals surface area (Å²) in [4.78, 5) is 63.0. The lowest BCUT2D eigenvalue weighted by atomic mass is 9.44. The Kier molecular flexibility index (Phi) is 9.23. The van der Waals surface area contributed by atoms with Crippen LogP contribution in [0.5, 0.6) is 11.5 Å². The zero-order valence-corrected chi connectivity index (χ0v) is 32.1. The van der Waals surface area contributed by atoms with Crippen molar-refractivity contribution in [2.24, 2.45) is 23.7 Å². The molecule has 1 aliphatic heterocycles. The average molecular weight is 847 g/mol. The highest BCUT2D eigenvalue weighted by molar-refractivity contribution is 9.10. The molecule has 3 aromatic carbocycles. The van der Waals surface area contributed by atoms with Crippen LogP contribution in [0.2, 0.25) is 5.02 Å². The quantitative estimate of drug-likeness (QED) is 0.153. The van der Waals surface area contributed by atoms with Gasteiger partial charge in [-0.1, -0.05) is 83.9 Å². The summed E-state index contributed by atoms with van der Waals surface area (Å²) in [5.41, 5.74) is -0.299. The summed E-state index contributed by atoms with van der Waals surface area (Å²) in [6.45, 7) is 0. The largest absolute Gasteiger partial charge is 0.503 e. The Morgan fingerprint density at radius 1 is 0.964 bits per heavy atom. The summed E-state index contributed by atoms with van der Waals surface area (Å²) in [5.74, 6) is -7.23. The number of allylic oxidation sites excluding steroid dienone is 4. The maximum atomic E-state index is 15.2. The lowest BCUT2D eigenvalue weighted by Gasteiger charge is -2.55. The fourth-order valence-electron chi connectivity index (χ4n) is 9.36. The topological polar surface area (TPSA) is 117 Å². The Hall–Kier alpha value is -5.27. The molecule has 1 aromatic heterocycles. The SMILES string of the molecule is COc1cc(C2C3=CCC4C(=O)N(N(C)c5nc(C(F)(F)F)ccc5Cl)C(=O)C4C3CC3C(=O)C(c4ccccc4)=CC(=O)C32c2ccccc2)cc(Br)c1O. The molecule has 1 saturated carbocycles. The van der Waals surface area contributed by atoms with Crippen LogP contribution < -0.4 is 9.75 Å². The number of aromatic hydroxyl groups is 1. The number of anilines is 1. The van der Waals surface area contributed by atoms with Crippen LogP contribution >= 0.6 is 27.5 Å². The van der Waals surface area contributed by atoms with Crippen LogP contribution in [0.15, 0.2) is 107 Å². The van der Waals surface area contributed by atoms with Gasteiger partial charge in [-0.15, -0.1) is 0 Å². The highest BCUT2D eigenvalue weighted by Gasteiger charge is 2.66. The van der Waals surface area contributed by atoms with E-state index in [0.717, 1.165) is 16.1 Å². The molecule has 6 atom stereocenters. The fourth-order valence-corrected chi connectivity index (χ4v) is 10.0. The number of nitrogens with zero attached hydrogens (tertiary/aromatic N) is 3. The zero-order valence-electron chi connectivity index (χ0n) is 29.8. The number of pyridine rings is 1. The number of Topliss-reactive ketones (excluding diaryl/α,β-unsaturated/α-hetero) is 1. The molecule has 6 unspecified atom stereocenters. The number of halogens is 5. The van der Waals surface area contributed by atoms with E-state index in [2.05, 4.69) is 20.9 Å². The van der Waals surface area contributed by atoms with Gasteiger partial charge in [-0.25, -0.2) is 4.98 Å². The van der Waals surface area contributed by atoms with Gasteiger partial charge < -0.3 is 9.84 Å². The monoisotopic (exact) mass is 845 g/mol. The average Bonchev–Trinajstić information content (AvgIpc) is 3.45. The van der Waals surface area contributed by atoms with E-state index in [9.17, 15) is 27.9 Å². The third kappa shape index (κ3) is 5.61. The molecule has 8 rings (SSSR count). The summed E-state index contributed by atoms with van der Waals surface area (Å²) in [5, 5.41) is 12.4. The third-order valence-electron chi connectivity index (χ3n) is 11.7. The molecule has 56 heavy (non-hydrogen) atoms. The van der Waals surface area contributed by atoms with E-state index in [0.29, 0.717) is 28.3 Å². The minimum absolute atomic E-state index is 0.00265. The van der Waals surface area contributed by atoms with Crippen LogP contribution in [-0.4, -0.2) is 52.6 Å². The van der Waals surface area contributed by atoms with Crippen LogP contribution in [0.3, 0.4) is 0 Å². The summed E-state index contributed by atoms with van der Waals surface area (Å²) < 4.78 is 47.0.